The van der Waals surface area contributed by atoms with E-state index in [4.69, 9.17) is 4.52 Å². The molecule has 3 rings (SSSR count). The molecule has 0 aliphatic heterocycles. The summed E-state index contributed by atoms with van der Waals surface area (Å²) in [6.07, 6.45) is 3.92. The lowest BCUT2D eigenvalue weighted by atomic mass is 9.86. The maximum atomic E-state index is 5.34. The lowest BCUT2D eigenvalue weighted by molar-refractivity contribution is 0.393. The molecule has 0 bridgehead atoms. The van der Waals surface area contributed by atoms with E-state index < -0.39 is 0 Å². The van der Waals surface area contributed by atoms with Gasteiger partial charge in [-0.3, -0.25) is 4.98 Å². The van der Waals surface area contributed by atoms with E-state index in [1.54, 1.807) is 0 Å². The van der Waals surface area contributed by atoms with Crippen LogP contribution < -0.4 is 0 Å². The number of pyridine rings is 1. The van der Waals surface area contributed by atoms with Crippen LogP contribution in [0.15, 0.2) is 47.1 Å². The van der Waals surface area contributed by atoms with Crippen LogP contribution in [0.4, 0.5) is 0 Å². The summed E-state index contributed by atoms with van der Waals surface area (Å²) in [5.74, 6) is 1.33. The maximum Gasteiger partial charge on any atom is 0.141 e. The maximum absolute atomic E-state index is 5.34. The normalized spacial score (nSPS) is 12.3. The molecule has 0 spiro atoms. The van der Waals surface area contributed by atoms with Crippen LogP contribution in [0, 0.1) is 20.8 Å². The molecule has 3 nitrogen and oxygen atoms in total. The molecule has 0 radical (unpaired) electrons. The zero-order chi connectivity index (χ0) is 17.1. The van der Waals surface area contributed by atoms with Gasteiger partial charge in [-0.05, 0) is 68.4 Å². The zero-order valence-corrected chi connectivity index (χ0v) is 14.8. The molecule has 1 atom stereocenters. The molecule has 0 saturated carbocycles. The highest BCUT2D eigenvalue weighted by Gasteiger charge is 2.17. The van der Waals surface area contributed by atoms with Crippen LogP contribution in [0.2, 0.25) is 0 Å². The highest BCUT2D eigenvalue weighted by atomic mass is 16.5. The van der Waals surface area contributed by atoms with E-state index in [-0.39, 0.29) is 0 Å². The van der Waals surface area contributed by atoms with Crippen LogP contribution in [0.25, 0.3) is 11.1 Å². The molecule has 1 aromatic carbocycles. The number of aromatic nitrogens is 2. The van der Waals surface area contributed by atoms with E-state index in [0.29, 0.717) is 5.92 Å². The second-order valence-corrected chi connectivity index (χ2v) is 6.40. The Labute approximate surface area is 143 Å². The van der Waals surface area contributed by atoms with E-state index >= 15 is 0 Å². The van der Waals surface area contributed by atoms with Gasteiger partial charge in [0.15, 0.2) is 0 Å². The predicted molar refractivity (Wildman–Crippen MR) is 97.1 cm³/mol. The van der Waals surface area contributed by atoms with E-state index in [0.717, 1.165) is 35.6 Å². The Bertz CT molecular complexity index is 802. The number of rotatable bonds is 5. The SMILES string of the molecule is CCC(Cc1ccccn1)c1cc(-c2c(C)noc2C)ccc1C. The molecule has 1 unspecified atom stereocenters. The van der Waals surface area contributed by atoms with Crippen molar-refractivity contribution < 1.29 is 4.52 Å². The monoisotopic (exact) mass is 320 g/mol. The molecule has 0 aliphatic rings. The Morgan fingerprint density at radius 3 is 2.54 bits per heavy atom. The summed E-state index contributed by atoms with van der Waals surface area (Å²) in [7, 11) is 0. The van der Waals surface area contributed by atoms with Crippen LogP contribution in [0.3, 0.4) is 0 Å². The van der Waals surface area contributed by atoms with E-state index in [1.807, 2.05) is 26.1 Å². The predicted octanol–water partition coefficient (Wildman–Crippen LogP) is 5.40. The van der Waals surface area contributed by atoms with Crippen molar-refractivity contribution in [3.05, 3.63) is 70.9 Å². The lowest BCUT2D eigenvalue weighted by Gasteiger charge is -2.19. The Balaban J connectivity index is 1.98. The highest BCUT2D eigenvalue weighted by Crippen LogP contribution is 2.33. The molecule has 2 heterocycles. The van der Waals surface area contributed by atoms with Gasteiger partial charge in [0.25, 0.3) is 0 Å². The van der Waals surface area contributed by atoms with E-state index in [9.17, 15) is 0 Å². The van der Waals surface area contributed by atoms with E-state index in [2.05, 4.69) is 54.3 Å². The summed E-state index contributed by atoms with van der Waals surface area (Å²) < 4.78 is 5.34. The van der Waals surface area contributed by atoms with Gasteiger partial charge in [0.05, 0.1) is 5.69 Å². The Hall–Kier alpha value is -2.42. The van der Waals surface area contributed by atoms with Crippen LogP contribution in [0.1, 0.15) is 47.5 Å². The average Bonchev–Trinajstić information content (AvgIpc) is 2.93. The molecule has 24 heavy (non-hydrogen) atoms. The van der Waals surface area contributed by atoms with Crippen molar-refractivity contribution in [3.8, 4) is 11.1 Å². The fraction of sp³-hybridized carbons (Fsp3) is 0.333. The topological polar surface area (TPSA) is 38.9 Å². The summed E-state index contributed by atoms with van der Waals surface area (Å²) in [6.45, 7) is 8.40. The third-order valence-corrected chi connectivity index (χ3v) is 4.72. The van der Waals surface area contributed by atoms with Gasteiger partial charge in [-0.15, -0.1) is 0 Å². The van der Waals surface area contributed by atoms with Crippen molar-refractivity contribution in [2.24, 2.45) is 0 Å². The first-order valence-corrected chi connectivity index (χ1v) is 8.53. The van der Waals surface area contributed by atoms with Crippen LogP contribution in [0.5, 0.6) is 0 Å². The second-order valence-electron chi connectivity index (χ2n) is 6.40. The first-order chi connectivity index (χ1) is 11.6. The number of hydrogen-bond acceptors (Lipinski definition) is 3. The number of hydrogen-bond donors (Lipinski definition) is 0. The molecular formula is C21H24N2O. The average molecular weight is 320 g/mol. The third-order valence-electron chi connectivity index (χ3n) is 4.72. The largest absolute Gasteiger partial charge is 0.361 e. The van der Waals surface area contributed by atoms with E-state index in [1.165, 1.54) is 16.7 Å². The summed E-state index contributed by atoms with van der Waals surface area (Å²) in [5.41, 5.74) is 7.11. The zero-order valence-electron chi connectivity index (χ0n) is 14.8. The molecule has 2 aromatic heterocycles. The van der Waals surface area contributed by atoms with Gasteiger partial charge in [-0.25, -0.2) is 0 Å². The van der Waals surface area contributed by atoms with Gasteiger partial charge in [0.1, 0.15) is 5.76 Å². The smallest absolute Gasteiger partial charge is 0.141 e. The molecule has 3 aromatic rings. The molecule has 0 amide bonds. The van der Waals surface area contributed by atoms with Crippen molar-refractivity contribution in [1.82, 2.24) is 10.1 Å². The minimum Gasteiger partial charge on any atom is -0.361 e. The lowest BCUT2D eigenvalue weighted by Crippen LogP contribution is -2.05. The molecule has 0 aliphatic carbocycles. The summed E-state index contributed by atoms with van der Waals surface area (Å²) >= 11 is 0. The minimum absolute atomic E-state index is 0.459. The first-order valence-electron chi connectivity index (χ1n) is 8.53. The molecular weight excluding hydrogens is 296 g/mol. The summed E-state index contributed by atoms with van der Waals surface area (Å²) in [5, 5.41) is 4.09. The molecule has 124 valence electrons. The van der Waals surface area contributed by atoms with Gasteiger partial charge in [-0.2, -0.15) is 0 Å². The van der Waals surface area contributed by atoms with Gasteiger partial charge >= 0.3 is 0 Å². The molecule has 0 N–H and O–H groups in total. The fourth-order valence-corrected chi connectivity index (χ4v) is 3.38. The Morgan fingerprint density at radius 1 is 1.08 bits per heavy atom. The van der Waals surface area contributed by atoms with Crippen molar-refractivity contribution in [1.29, 1.82) is 0 Å². The number of aryl methyl sites for hydroxylation is 3. The minimum atomic E-state index is 0.459. The van der Waals surface area contributed by atoms with Crippen LogP contribution >= 0.6 is 0 Å². The van der Waals surface area contributed by atoms with Crippen LogP contribution in [-0.2, 0) is 6.42 Å². The van der Waals surface area contributed by atoms with Crippen molar-refractivity contribution in [2.45, 2.75) is 46.5 Å². The summed E-state index contributed by atoms with van der Waals surface area (Å²) in [4.78, 5) is 4.50. The van der Waals surface area contributed by atoms with Gasteiger partial charge in [0.2, 0.25) is 0 Å². The quantitative estimate of drug-likeness (QED) is 0.632. The van der Waals surface area contributed by atoms with Gasteiger partial charge < -0.3 is 4.52 Å². The summed E-state index contributed by atoms with van der Waals surface area (Å²) in [6, 6.07) is 12.8. The fourth-order valence-electron chi connectivity index (χ4n) is 3.38. The standard InChI is InChI=1S/C21H24N2O/c1-5-17(12-19-8-6-7-11-22-19)20-13-18(10-9-14(20)2)21-15(3)23-24-16(21)4/h6-11,13,17H,5,12H2,1-4H3. The Morgan fingerprint density at radius 2 is 1.92 bits per heavy atom. The molecule has 0 fully saturated rings. The van der Waals surface area contributed by atoms with Crippen molar-refractivity contribution in [3.63, 3.8) is 0 Å². The van der Waals surface area contributed by atoms with Gasteiger partial charge in [0, 0.05) is 17.5 Å². The van der Waals surface area contributed by atoms with Crippen LogP contribution in [-0.4, -0.2) is 10.1 Å². The Kier molecular flexibility index (Phi) is 4.79. The van der Waals surface area contributed by atoms with Gasteiger partial charge in [-0.1, -0.05) is 36.3 Å². The third kappa shape index (κ3) is 3.25. The first kappa shape index (κ1) is 16.4. The highest BCUT2D eigenvalue weighted by molar-refractivity contribution is 5.69. The number of nitrogens with zero attached hydrogens (tertiary/aromatic N) is 2. The second kappa shape index (κ2) is 7.00. The number of benzene rings is 1. The van der Waals surface area contributed by atoms with Crippen molar-refractivity contribution >= 4 is 0 Å². The molecule has 0 saturated heterocycles. The van der Waals surface area contributed by atoms with Crippen molar-refractivity contribution in [2.75, 3.05) is 0 Å². The molecule has 3 heteroatoms.